The summed E-state index contributed by atoms with van der Waals surface area (Å²) in [5.41, 5.74) is 0.972. The van der Waals surface area contributed by atoms with E-state index in [0.717, 1.165) is 11.3 Å². The number of hydrogen-bond acceptors (Lipinski definition) is 2. The van der Waals surface area contributed by atoms with Gasteiger partial charge >= 0.3 is 0 Å². The second kappa shape index (κ2) is 5.61. The molecule has 1 aromatic carbocycles. The molecule has 1 amide bonds. The van der Waals surface area contributed by atoms with Gasteiger partial charge in [-0.25, -0.2) is 0 Å². The van der Waals surface area contributed by atoms with Crippen molar-refractivity contribution in [2.24, 2.45) is 0 Å². The van der Waals surface area contributed by atoms with Gasteiger partial charge in [-0.05, 0) is 30.7 Å². The van der Waals surface area contributed by atoms with Crippen LogP contribution in [0.15, 0.2) is 18.2 Å². The summed E-state index contributed by atoms with van der Waals surface area (Å²) < 4.78 is 5.44. The molecule has 0 aromatic heterocycles. The molecule has 0 aliphatic heterocycles. The zero-order chi connectivity index (χ0) is 11.3. The smallest absolute Gasteiger partial charge is 0.223 e. The van der Waals surface area contributed by atoms with Crippen LogP contribution in [0, 0.1) is 6.92 Å². The van der Waals surface area contributed by atoms with Crippen molar-refractivity contribution in [2.75, 3.05) is 13.7 Å². The van der Waals surface area contributed by atoms with Crippen LogP contribution in [0.25, 0.3) is 0 Å². The van der Waals surface area contributed by atoms with Crippen LogP contribution in [0.4, 0.5) is 0 Å². The number of halogens is 1. The molecule has 0 atom stereocenters. The minimum Gasteiger partial charge on any atom is -0.493 e. The Bertz CT molecular complexity index is 352. The first-order valence-corrected chi connectivity index (χ1v) is 5.11. The number of carbonyl (C=O) groups excluding carboxylic acids is 1. The summed E-state index contributed by atoms with van der Waals surface area (Å²) in [4.78, 5) is 10.9. The van der Waals surface area contributed by atoms with Crippen molar-refractivity contribution >= 4 is 17.5 Å². The topological polar surface area (TPSA) is 38.3 Å². The number of benzene rings is 1. The Hall–Kier alpha value is -1.22. The maximum atomic E-state index is 10.9. The van der Waals surface area contributed by atoms with Crippen LogP contribution in [0.2, 0.25) is 5.02 Å². The van der Waals surface area contributed by atoms with Gasteiger partial charge in [-0.3, -0.25) is 4.79 Å². The van der Waals surface area contributed by atoms with Crippen LogP contribution in [0.3, 0.4) is 0 Å². The van der Waals surface area contributed by atoms with Gasteiger partial charge in [0.25, 0.3) is 0 Å². The molecule has 1 aromatic rings. The average molecular weight is 228 g/mol. The molecule has 0 saturated heterocycles. The fourth-order valence-electron chi connectivity index (χ4n) is 1.15. The van der Waals surface area contributed by atoms with E-state index in [4.69, 9.17) is 16.3 Å². The van der Waals surface area contributed by atoms with Crippen molar-refractivity contribution in [3.05, 3.63) is 28.8 Å². The monoisotopic (exact) mass is 227 g/mol. The molecule has 0 fully saturated rings. The number of amides is 1. The highest BCUT2D eigenvalue weighted by Gasteiger charge is 2.02. The van der Waals surface area contributed by atoms with Gasteiger partial charge in [0, 0.05) is 12.1 Å². The lowest BCUT2D eigenvalue weighted by atomic mass is 10.2. The quantitative estimate of drug-likeness (QED) is 0.856. The summed E-state index contributed by atoms with van der Waals surface area (Å²) in [6.07, 6.45) is 0.360. The van der Waals surface area contributed by atoms with Crippen LogP contribution >= 0.6 is 11.6 Å². The predicted octanol–water partition coefficient (Wildman–Crippen LogP) is 2.16. The van der Waals surface area contributed by atoms with Crippen molar-refractivity contribution < 1.29 is 9.53 Å². The number of carbonyl (C=O) groups is 1. The minimum atomic E-state index is -0.0263. The normalized spacial score (nSPS) is 9.80. The molecule has 0 radical (unpaired) electrons. The fourth-order valence-corrected chi connectivity index (χ4v) is 1.38. The Balaban J connectivity index is 2.47. The minimum absolute atomic E-state index is 0.0263. The van der Waals surface area contributed by atoms with Gasteiger partial charge in [0.2, 0.25) is 5.91 Å². The highest BCUT2D eigenvalue weighted by atomic mass is 35.5. The van der Waals surface area contributed by atoms with E-state index in [1.165, 1.54) is 0 Å². The zero-order valence-corrected chi connectivity index (χ0v) is 9.60. The Morgan fingerprint density at radius 3 is 2.87 bits per heavy atom. The summed E-state index contributed by atoms with van der Waals surface area (Å²) in [7, 11) is 1.61. The van der Waals surface area contributed by atoms with Crippen molar-refractivity contribution in [1.29, 1.82) is 0 Å². The first kappa shape index (κ1) is 11.9. The van der Waals surface area contributed by atoms with Crippen LogP contribution in [-0.4, -0.2) is 19.6 Å². The zero-order valence-electron chi connectivity index (χ0n) is 8.84. The SMILES string of the molecule is CNC(=O)CCOc1ccc(Cl)cc1C. The van der Waals surface area contributed by atoms with Crippen molar-refractivity contribution in [3.63, 3.8) is 0 Å². The molecule has 0 saturated carbocycles. The lowest BCUT2D eigenvalue weighted by molar-refractivity contribution is -0.121. The second-order valence-corrected chi connectivity index (χ2v) is 3.62. The first-order valence-electron chi connectivity index (χ1n) is 4.73. The van der Waals surface area contributed by atoms with E-state index in [9.17, 15) is 4.79 Å². The van der Waals surface area contributed by atoms with Crippen LogP contribution in [-0.2, 0) is 4.79 Å². The van der Waals surface area contributed by atoms with E-state index in [1.807, 2.05) is 19.1 Å². The van der Waals surface area contributed by atoms with E-state index >= 15 is 0 Å². The first-order chi connectivity index (χ1) is 7.13. The number of ether oxygens (including phenoxy) is 1. The van der Waals surface area contributed by atoms with E-state index in [1.54, 1.807) is 13.1 Å². The summed E-state index contributed by atoms with van der Waals surface area (Å²) in [6, 6.07) is 5.40. The number of rotatable bonds is 4. The summed E-state index contributed by atoms with van der Waals surface area (Å²) in [5, 5.41) is 3.22. The van der Waals surface area contributed by atoms with E-state index in [-0.39, 0.29) is 5.91 Å². The van der Waals surface area contributed by atoms with Gasteiger partial charge in [0.15, 0.2) is 0 Å². The maximum absolute atomic E-state index is 10.9. The Labute approximate surface area is 94.4 Å². The molecule has 15 heavy (non-hydrogen) atoms. The van der Waals surface area contributed by atoms with Crippen LogP contribution in [0.5, 0.6) is 5.75 Å². The molecule has 0 heterocycles. The summed E-state index contributed by atoms with van der Waals surface area (Å²) >= 11 is 5.80. The Kier molecular flexibility index (Phi) is 4.43. The van der Waals surface area contributed by atoms with Gasteiger partial charge in [0.1, 0.15) is 5.75 Å². The van der Waals surface area contributed by atoms with Crippen molar-refractivity contribution in [2.45, 2.75) is 13.3 Å². The molecule has 0 bridgehead atoms. The maximum Gasteiger partial charge on any atom is 0.223 e. The predicted molar refractivity (Wildman–Crippen MR) is 60.4 cm³/mol. The third kappa shape index (κ3) is 3.80. The highest BCUT2D eigenvalue weighted by Crippen LogP contribution is 2.21. The van der Waals surface area contributed by atoms with Gasteiger partial charge in [0.05, 0.1) is 13.0 Å². The summed E-state index contributed by atoms with van der Waals surface area (Å²) in [6.45, 7) is 2.29. The van der Waals surface area contributed by atoms with E-state index in [0.29, 0.717) is 18.1 Å². The number of hydrogen-bond donors (Lipinski definition) is 1. The van der Waals surface area contributed by atoms with Gasteiger partial charge < -0.3 is 10.1 Å². The molecule has 0 unspecified atom stereocenters. The molecule has 0 aliphatic rings. The Morgan fingerprint density at radius 2 is 2.27 bits per heavy atom. The van der Waals surface area contributed by atoms with Crippen molar-refractivity contribution in [3.8, 4) is 5.75 Å². The molecule has 1 rings (SSSR count). The molecule has 4 heteroatoms. The van der Waals surface area contributed by atoms with E-state index < -0.39 is 0 Å². The molecule has 3 nitrogen and oxygen atoms in total. The average Bonchev–Trinajstić information content (AvgIpc) is 2.21. The second-order valence-electron chi connectivity index (χ2n) is 3.18. The number of aryl methyl sites for hydroxylation is 1. The molecule has 1 N–H and O–H groups in total. The van der Waals surface area contributed by atoms with Crippen molar-refractivity contribution in [1.82, 2.24) is 5.32 Å². The lowest BCUT2D eigenvalue weighted by Gasteiger charge is -2.08. The highest BCUT2D eigenvalue weighted by molar-refractivity contribution is 6.30. The Morgan fingerprint density at radius 1 is 1.53 bits per heavy atom. The van der Waals surface area contributed by atoms with E-state index in [2.05, 4.69) is 5.32 Å². The molecule has 0 spiro atoms. The fraction of sp³-hybridized carbons (Fsp3) is 0.364. The largest absolute Gasteiger partial charge is 0.493 e. The number of nitrogens with one attached hydrogen (secondary N) is 1. The van der Waals surface area contributed by atoms with Gasteiger partial charge in [-0.15, -0.1) is 0 Å². The third-order valence-electron chi connectivity index (χ3n) is 2.00. The summed E-state index contributed by atoms with van der Waals surface area (Å²) in [5.74, 6) is 0.741. The van der Waals surface area contributed by atoms with Gasteiger partial charge in [-0.1, -0.05) is 11.6 Å². The molecular weight excluding hydrogens is 214 g/mol. The molecule has 0 aliphatic carbocycles. The third-order valence-corrected chi connectivity index (χ3v) is 2.24. The van der Waals surface area contributed by atoms with Crippen LogP contribution in [0.1, 0.15) is 12.0 Å². The van der Waals surface area contributed by atoms with Gasteiger partial charge in [-0.2, -0.15) is 0 Å². The lowest BCUT2D eigenvalue weighted by Crippen LogP contribution is -2.20. The molecular formula is C11H14ClNO2. The molecule has 82 valence electrons. The standard InChI is InChI=1S/C11H14ClNO2/c1-8-7-9(12)3-4-10(8)15-6-5-11(14)13-2/h3-4,7H,5-6H2,1-2H3,(H,13,14). The van der Waals surface area contributed by atoms with Crippen LogP contribution < -0.4 is 10.1 Å².